The van der Waals surface area contributed by atoms with Crippen molar-refractivity contribution in [2.45, 2.75) is 0 Å². The van der Waals surface area contributed by atoms with Crippen LogP contribution in [0.3, 0.4) is 0 Å². The number of amides is 2. The average molecular weight is 261 g/mol. The molecule has 1 aromatic carbocycles. The highest BCUT2D eigenvalue weighted by Gasteiger charge is 2.01. The lowest BCUT2D eigenvalue weighted by molar-refractivity contribution is -0.114. The molecule has 0 heterocycles. The maximum Gasteiger partial charge on any atom is 0.239 e. The molecule has 16 heavy (non-hydrogen) atoms. The molecular weight excluding hydrogens is 251 g/mol. The molecule has 0 aliphatic heterocycles. The molecule has 6 heteroatoms. The summed E-state index contributed by atoms with van der Waals surface area (Å²) in [6.07, 6.45) is 0. The Kier molecular flexibility index (Phi) is 5.08. The van der Waals surface area contributed by atoms with Crippen LogP contribution in [0.1, 0.15) is 0 Å². The van der Waals surface area contributed by atoms with Gasteiger partial charge in [0.25, 0.3) is 0 Å². The minimum Gasteiger partial charge on any atom is -0.325 e. The third kappa shape index (κ3) is 4.08. The van der Waals surface area contributed by atoms with Crippen molar-refractivity contribution in [2.24, 2.45) is 0 Å². The fraction of sp³-hybridized carbons (Fsp3) is 0.200. The Hall–Kier alpha value is -1.26. The van der Waals surface area contributed by atoms with Crippen molar-refractivity contribution in [1.82, 2.24) is 0 Å². The van der Waals surface area contributed by atoms with Crippen LogP contribution in [0.15, 0.2) is 24.3 Å². The number of anilines is 2. The molecule has 1 rings (SSSR count). The second-order valence-electron chi connectivity index (χ2n) is 2.94. The smallest absolute Gasteiger partial charge is 0.239 e. The van der Waals surface area contributed by atoms with Gasteiger partial charge in [0.1, 0.15) is 11.8 Å². The van der Waals surface area contributed by atoms with Gasteiger partial charge < -0.3 is 10.6 Å². The van der Waals surface area contributed by atoms with Gasteiger partial charge in [-0.25, -0.2) is 0 Å². The predicted molar refractivity (Wildman–Crippen MR) is 65.1 cm³/mol. The Morgan fingerprint density at radius 3 is 1.44 bits per heavy atom. The summed E-state index contributed by atoms with van der Waals surface area (Å²) in [5.74, 6) is -0.742. The molecule has 1 aromatic rings. The molecule has 0 aliphatic rings. The van der Waals surface area contributed by atoms with E-state index >= 15 is 0 Å². The lowest BCUT2D eigenvalue weighted by Crippen LogP contribution is -2.14. The molecule has 0 radical (unpaired) electrons. The highest BCUT2D eigenvalue weighted by atomic mass is 35.5. The number of hydrogen-bond acceptors (Lipinski definition) is 2. The van der Waals surface area contributed by atoms with E-state index < -0.39 is 0 Å². The molecule has 4 nitrogen and oxygen atoms in total. The van der Waals surface area contributed by atoms with Crippen molar-refractivity contribution in [3.05, 3.63) is 24.3 Å². The topological polar surface area (TPSA) is 58.2 Å². The van der Waals surface area contributed by atoms with Crippen molar-refractivity contribution in [2.75, 3.05) is 22.4 Å². The molecule has 0 unspecified atom stereocenters. The number of nitrogens with one attached hydrogen (secondary N) is 2. The van der Waals surface area contributed by atoms with Gasteiger partial charge in [-0.2, -0.15) is 0 Å². The maximum atomic E-state index is 11.0. The number of carbonyl (C=O) groups excluding carboxylic acids is 2. The van der Waals surface area contributed by atoms with Gasteiger partial charge in [-0.05, 0) is 24.3 Å². The maximum absolute atomic E-state index is 11.0. The summed E-state index contributed by atoms with van der Waals surface area (Å²) in [4.78, 5) is 21.9. The number of hydrogen-bond donors (Lipinski definition) is 2. The van der Waals surface area contributed by atoms with E-state index in [1.165, 1.54) is 0 Å². The Bertz CT molecular complexity index is 342. The van der Waals surface area contributed by atoms with Gasteiger partial charge in [0.2, 0.25) is 11.8 Å². The van der Waals surface area contributed by atoms with Crippen LogP contribution in [0.4, 0.5) is 11.4 Å². The van der Waals surface area contributed by atoms with Crippen LogP contribution < -0.4 is 10.6 Å². The van der Waals surface area contributed by atoms with E-state index in [2.05, 4.69) is 10.6 Å². The summed E-state index contributed by atoms with van der Waals surface area (Å²) in [5, 5.41) is 5.15. The molecule has 0 atom stereocenters. The highest BCUT2D eigenvalue weighted by Crippen LogP contribution is 2.13. The molecule has 0 aromatic heterocycles. The van der Waals surface area contributed by atoms with Gasteiger partial charge in [-0.3, -0.25) is 9.59 Å². The zero-order valence-electron chi connectivity index (χ0n) is 8.30. The Morgan fingerprint density at radius 1 is 0.875 bits per heavy atom. The zero-order valence-corrected chi connectivity index (χ0v) is 9.81. The van der Waals surface area contributed by atoms with E-state index in [1.807, 2.05) is 0 Å². The van der Waals surface area contributed by atoms with Crippen LogP contribution in [0.5, 0.6) is 0 Å². The number of benzene rings is 1. The molecule has 0 fully saturated rings. The third-order valence-corrected chi connectivity index (χ3v) is 2.18. The minimum absolute atomic E-state index is 0.0925. The van der Waals surface area contributed by atoms with Gasteiger partial charge in [0.15, 0.2) is 0 Å². The quantitative estimate of drug-likeness (QED) is 0.815. The first kappa shape index (κ1) is 12.8. The summed E-state index contributed by atoms with van der Waals surface area (Å²) in [6.45, 7) is 0. The van der Waals surface area contributed by atoms with E-state index in [4.69, 9.17) is 23.2 Å². The standard InChI is InChI=1S/C10H10Cl2N2O2/c11-5-9(15)13-7-1-2-8(4-3-7)14-10(16)6-12/h1-4H,5-6H2,(H,13,15)(H,14,16). The minimum atomic E-state index is -0.279. The average Bonchev–Trinajstić information content (AvgIpc) is 2.31. The fourth-order valence-electron chi connectivity index (χ4n) is 1.03. The number of rotatable bonds is 4. The van der Waals surface area contributed by atoms with Gasteiger partial charge in [0.05, 0.1) is 0 Å². The van der Waals surface area contributed by atoms with E-state index in [0.717, 1.165) is 0 Å². The number of carbonyl (C=O) groups is 2. The largest absolute Gasteiger partial charge is 0.325 e. The summed E-state index contributed by atoms with van der Waals surface area (Å²) < 4.78 is 0. The first-order valence-electron chi connectivity index (χ1n) is 4.47. The SMILES string of the molecule is O=C(CCl)Nc1ccc(NC(=O)CCl)cc1. The summed E-state index contributed by atoms with van der Waals surface area (Å²) in [6, 6.07) is 6.64. The normalized spacial score (nSPS) is 9.62. The fourth-order valence-corrected chi connectivity index (χ4v) is 1.16. The number of halogens is 2. The van der Waals surface area contributed by atoms with Crippen molar-refractivity contribution < 1.29 is 9.59 Å². The second kappa shape index (κ2) is 6.35. The molecule has 0 saturated carbocycles. The summed E-state index contributed by atoms with van der Waals surface area (Å²) in [7, 11) is 0. The van der Waals surface area contributed by atoms with Gasteiger partial charge >= 0.3 is 0 Å². The van der Waals surface area contributed by atoms with Crippen molar-refractivity contribution in [3.8, 4) is 0 Å². The van der Waals surface area contributed by atoms with Crippen LogP contribution in [-0.4, -0.2) is 23.6 Å². The van der Waals surface area contributed by atoms with Crippen LogP contribution in [0, 0.1) is 0 Å². The van der Waals surface area contributed by atoms with E-state index in [-0.39, 0.29) is 23.6 Å². The van der Waals surface area contributed by atoms with E-state index in [0.29, 0.717) is 11.4 Å². The first-order chi connectivity index (χ1) is 7.65. The lowest BCUT2D eigenvalue weighted by Gasteiger charge is -2.05. The van der Waals surface area contributed by atoms with E-state index in [1.54, 1.807) is 24.3 Å². The first-order valence-corrected chi connectivity index (χ1v) is 5.54. The van der Waals surface area contributed by atoms with Gasteiger partial charge in [-0.15, -0.1) is 23.2 Å². The third-order valence-electron chi connectivity index (χ3n) is 1.70. The van der Waals surface area contributed by atoms with Crippen molar-refractivity contribution in [1.29, 1.82) is 0 Å². The molecule has 0 aliphatic carbocycles. The molecule has 2 amide bonds. The molecule has 0 spiro atoms. The molecule has 0 bridgehead atoms. The summed E-state index contributed by atoms with van der Waals surface area (Å²) >= 11 is 10.7. The molecule has 2 N–H and O–H groups in total. The number of alkyl halides is 2. The van der Waals surface area contributed by atoms with Crippen LogP contribution in [0.2, 0.25) is 0 Å². The van der Waals surface area contributed by atoms with Crippen molar-refractivity contribution >= 4 is 46.4 Å². The predicted octanol–water partition coefficient (Wildman–Crippen LogP) is 2.04. The highest BCUT2D eigenvalue weighted by molar-refractivity contribution is 6.29. The van der Waals surface area contributed by atoms with Gasteiger partial charge in [-0.1, -0.05) is 0 Å². The summed E-state index contributed by atoms with van der Waals surface area (Å²) in [5.41, 5.74) is 1.24. The van der Waals surface area contributed by atoms with Gasteiger partial charge in [0, 0.05) is 11.4 Å². The molecule has 0 saturated heterocycles. The zero-order chi connectivity index (χ0) is 12.0. The molecule has 86 valence electrons. The van der Waals surface area contributed by atoms with Crippen LogP contribution >= 0.6 is 23.2 Å². The van der Waals surface area contributed by atoms with E-state index in [9.17, 15) is 9.59 Å². The molecular formula is C10H10Cl2N2O2. The lowest BCUT2D eigenvalue weighted by atomic mass is 10.3. The Morgan fingerprint density at radius 2 is 1.19 bits per heavy atom. The second-order valence-corrected chi connectivity index (χ2v) is 3.48. The van der Waals surface area contributed by atoms with Crippen LogP contribution in [0.25, 0.3) is 0 Å². The monoisotopic (exact) mass is 260 g/mol. The van der Waals surface area contributed by atoms with Crippen LogP contribution in [-0.2, 0) is 9.59 Å². The Labute approximate surface area is 103 Å². The Balaban J connectivity index is 2.60. The van der Waals surface area contributed by atoms with Crippen molar-refractivity contribution in [3.63, 3.8) is 0 Å².